The van der Waals surface area contributed by atoms with Crippen molar-refractivity contribution in [1.29, 1.82) is 0 Å². The van der Waals surface area contributed by atoms with E-state index >= 15 is 0 Å². The molecule has 0 saturated carbocycles. The minimum Gasteiger partial charge on any atom is -0.464 e. The van der Waals surface area contributed by atoms with Crippen LogP contribution >= 0.6 is 0 Å². The van der Waals surface area contributed by atoms with Gasteiger partial charge in [-0.1, -0.05) is 18.2 Å². The van der Waals surface area contributed by atoms with Crippen LogP contribution in [0.2, 0.25) is 0 Å². The molecule has 1 aromatic heterocycles. The van der Waals surface area contributed by atoms with Crippen LogP contribution in [0.3, 0.4) is 0 Å². The van der Waals surface area contributed by atoms with Gasteiger partial charge in [-0.25, -0.2) is 4.79 Å². The summed E-state index contributed by atoms with van der Waals surface area (Å²) in [5.41, 5.74) is -1.23. The number of halogens is 3. The Hall–Kier alpha value is -2.58. The summed E-state index contributed by atoms with van der Waals surface area (Å²) in [6.45, 7) is 0. The van der Waals surface area contributed by atoms with Gasteiger partial charge < -0.3 is 9.72 Å². The SMILES string of the molecule is COC(=O)C(Cc1c(C(F)(F)F)[nH]c2ccccc12)[N+](=O)[O-]. The molecule has 1 aromatic carbocycles. The number of para-hydroxylation sites is 1. The van der Waals surface area contributed by atoms with Crippen LogP contribution in [0.1, 0.15) is 11.3 Å². The number of rotatable bonds is 4. The zero-order chi connectivity index (χ0) is 16.5. The van der Waals surface area contributed by atoms with Crippen molar-refractivity contribution >= 4 is 16.9 Å². The Balaban J connectivity index is 2.57. The van der Waals surface area contributed by atoms with E-state index in [4.69, 9.17) is 0 Å². The van der Waals surface area contributed by atoms with Crippen molar-refractivity contribution in [2.45, 2.75) is 18.6 Å². The van der Waals surface area contributed by atoms with E-state index in [1.807, 2.05) is 0 Å². The summed E-state index contributed by atoms with van der Waals surface area (Å²) in [6.07, 6.45) is -5.43. The average molecular weight is 316 g/mol. The first-order chi connectivity index (χ1) is 10.3. The van der Waals surface area contributed by atoms with Gasteiger partial charge in [0.1, 0.15) is 5.69 Å². The second-order valence-electron chi connectivity index (χ2n) is 4.55. The fourth-order valence-electron chi connectivity index (χ4n) is 2.23. The second-order valence-corrected chi connectivity index (χ2v) is 4.55. The highest BCUT2D eigenvalue weighted by atomic mass is 19.4. The second kappa shape index (κ2) is 5.66. The van der Waals surface area contributed by atoms with Crippen molar-refractivity contribution in [2.75, 3.05) is 7.11 Å². The minimum atomic E-state index is -4.72. The number of ether oxygens (including phenoxy) is 1. The lowest BCUT2D eigenvalue weighted by Gasteiger charge is -2.10. The van der Waals surface area contributed by atoms with Crippen LogP contribution in [0.4, 0.5) is 13.2 Å². The molecule has 0 saturated heterocycles. The Kier molecular flexibility index (Phi) is 4.07. The highest BCUT2D eigenvalue weighted by Gasteiger charge is 2.40. The number of carbonyl (C=O) groups excluding carboxylic acids is 1. The predicted molar refractivity (Wildman–Crippen MR) is 69.8 cm³/mol. The number of methoxy groups -OCH3 is 1. The molecular weight excluding hydrogens is 305 g/mol. The molecule has 22 heavy (non-hydrogen) atoms. The summed E-state index contributed by atoms with van der Waals surface area (Å²) in [5.74, 6) is -1.19. The Morgan fingerprint density at radius 1 is 1.41 bits per heavy atom. The maximum Gasteiger partial charge on any atom is 0.431 e. The Morgan fingerprint density at radius 2 is 2.05 bits per heavy atom. The molecular formula is C13H11F3N2O4. The third-order valence-corrected chi connectivity index (χ3v) is 3.22. The van der Waals surface area contributed by atoms with Gasteiger partial charge >= 0.3 is 18.2 Å². The third-order valence-electron chi connectivity index (χ3n) is 3.22. The molecule has 0 radical (unpaired) electrons. The number of nitrogens with zero attached hydrogens (tertiary/aromatic N) is 1. The fraction of sp³-hybridized carbons (Fsp3) is 0.308. The van der Waals surface area contributed by atoms with Crippen molar-refractivity contribution in [3.63, 3.8) is 0 Å². The molecule has 0 aliphatic carbocycles. The van der Waals surface area contributed by atoms with Gasteiger partial charge in [0, 0.05) is 15.8 Å². The zero-order valence-electron chi connectivity index (χ0n) is 11.3. The molecule has 0 spiro atoms. The highest BCUT2D eigenvalue weighted by Crippen LogP contribution is 2.36. The minimum absolute atomic E-state index is 0.186. The maximum atomic E-state index is 13.1. The largest absolute Gasteiger partial charge is 0.464 e. The molecule has 1 heterocycles. The zero-order valence-corrected chi connectivity index (χ0v) is 11.3. The van der Waals surface area contributed by atoms with Gasteiger partial charge in [0.25, 0.3) is 0 Å². The van der Waals surface area contributed by atoms with E-state index in [-0.39, 0.29) is 16.5 Å². The van der Waals surface area contributed by atoms with Gasteiger partial charge in [-0.05, 0) is 11.6 Å². The number of aromatic nitrogens is 1. The molecule has 1 atom stereocenters. The van der Waals surface area contributed by atoms with Crippen molar-refractivity contribution < 1.29 is 27.6 Å². The Bertz CT molecular complexity index is 724. The van der Waals surface area contributed by atoms with Gasteiger partial charge in [0.15, 0.2) is 0 Å². The lowest BCUT2D eigenvalue weighted by molar-refractivity contribution is -0.509. The lowest BCUT2D eigenvalue weighted by atomic mass is 10.0. The number of nitrogens with one attached hydrogen (secondary N) is 1. The number of fused-ring (bicyclic) bond motifs is 1. The van der Waals surface area contributed by atoms with Crippen molar-refractivity contribution in [2.24, 2.45) is 0 Å². The van der Waals surface area contributed by atoms with Crippen LogP contribution < -0.4 is 0 Å². The van der Waals surface area contributed by atoms with Gasteiger partial charge in [0.05, 0.1) is 13.5 Å². The number of hydrogen-bond acceptors (Lipinski definition) is 4. The topological polar surface area (TPSA) is 85.2 Å². The third kappa shape index (κ3) is 2.87. The molecule has 2 rings (SSSR count). The standard InChI is InChI=1S/C13H11F3N2O4/c1-22-12(19)10(18(20)21)6-8-7-4-2-3-5-9(7)17-11(8)13(14,15)16/h2-5,10,17H,6H2,1H3. The van der Waals surface area contributed by atoms with E-state index in [0.29, 0.717) is 0 Å². The quantitative estimate of drug-likeness (QED) is 0.533. The van der Waals surface area contributed by atoms with Gasteiger partial charge in [-0.2, -0.15) is 13.2 Å². The van der Waals surface area contributed by atoms with Crippen LogP contribution in [0.15, 0.2) is 24.3 Å². The number of hydrogen-bond donors (Lipinski definition) is 1. The monoisotopic (exact) mass is 316 g/mol. The average Bonchev–Trinajstić information content (AvgIpc) is 2.82. The van der Waals surface area contributed by atoms with E-state index in [1.54, 1.807) is 0 Å². The molecule has 0 amide bonds. The number of H-pyrrole nitrogens is 1. The molecule has 0 fully saturated rings. The first-order valence-corrected chi connectivity index (χ1v) is 6.13. The molecule has 0 aliphatic rings. The molecule has 9 heteroatoms. The highest BCUT2D eigenvalue weighted by molar-refractivity contribution is 5.86. The van der Waals surface area contributed by atoms with Gasteiger partial charge in [-0.3, -0.25) is 10.1 Å². The number of carbonyl (C=O) groups is 1. The molecule has 1 unspecified atom stereocenters. The normalized spacial score (nSPS) is 13.1. The maximum absolute atomic E-state index is 13.1. The molecule has 6 nitrogen and oxygen atoms in total. The molecule has 0 aliphatic heterocycles. The van der Waals surface area contributed by atoms with Crippen LogP contribution in [0.5, 0.6) is 0 Å². The summed E-state index contributed by atoms with van der Waals surface area (Å²) >= 11 is 0. The van der Waals surface area contributed by atoms with E-state index in [9.17, 15) is 28.1 Å². The predicted octanol–water partition coefficient (Wildman–Crippen LogP) is 2.55. The summed E-state index contributed by atoms with van der Waals surface area (Å²) in [6, 6.07) is 3.98. The van der Waals surface area contributed by atoms with Crippen LogP contribution in [0.25, 0.3) is 10.9 Å². The summed E-state index contributed by atoms with van der Waals surface area (Å²) in [5, 5.41) is 11.1. The van der Waals surface area contributed by atoms with Crippen LogP contribution in [0, 0.1) is 10.1 Å². The van der Waals surface area contributed by atoms with Crippen LogP contribution in [-0.4, -0.2) is 29.0 Å². The van der Waals surface area contributed by atoms with Crippen LogP contribution in [-0.2, 0) is 22.1 Å². The molecule has 2 aromatic rings. The first kappa shape index (κ1) is 15.8. The fourth-order valence-corrected chi connectivity index (χ4v) is 2.23. The van der Waals surface area contributed by atoms with Gasteiger partial charge in [-0.15, -0.1) is 0 Å². The number of esters is 1. The molecule has 1 N–H and O–H groups in total. The summed E-state index contributed by atoms with van der Waals surface area (Å²) in [7, 11) is 0.943. The number of alkyl halides is 3. The molecule has 118 valence electrons. The van der Waals surface area contributed by atoms with E-state index < -0.39 is 35.2 Å². The Labute approximate surface area is 122 Å². The van der Waals surface area contributed by atoms with Crippen molar-refractivity contribution in [3.8, 4) is 0 Å². The van der Waals surface area contributed by atoms with E-state index in [1.165, 1.54) is 24.3 Å². The van der Waals surface area contributed by atoms with Crippen molar-refractivity contribution in [3.05, 3.63) is 45.6 Å². The number of nitro groups is 1. The van der Waals surface area contributed by atoms with E-state index in [2.05, 4.69) is 9.72 Å². The van der Waals surface area contributed by atoms with Crippen molar-refractivity contribution in [1.82, 2.24) is 4.98 Å². The summed E-state index contributed by atoms with van der Waals surface area (Å²) in [4.78, 5) is 23.6. The smallest absolute Gasteiger partial charge is 0.431 e. The summed E-state index contributed by atoms with van der Waals surface area (Å²) < 4.78 is 43.6. The first-order valence-electron chi connectivity index (χ1n) is 6.13. The Morgan fingerprint density at radius 3 is 2.59 bits per heavy atom. The number of aromatic amines is 1. The molecule has 0 bridgehead atoms. The lowest BCUT2D eigenvalue weighted by Crippen LogP contribution is -2.33. The van der Waals surface area contributed by atoms with E-state index in [0.717, 1.165) is 7.11 Å². The van der Waals surface area contributed by atoms with Gasteiger partial charge in [0.2, 0.25) is 0 Å². The number of benzene rings is 1.